The van der Waals surface area contributed by atoms with Gasteiger partial charge in [0.15, 0.2) is 0 Å². The fraction of sp³-hybridized carbons (Fsp3) is 0.190. The third-order valence-electron chi connectivity index (χ3n) is 4.67. The van der Waals surface area contributed by atoms with Crippen LogP contribution in [-0.4, -0.2) is 27.6 Å². The monoisotopic (exact) mass is 429 g/mol. The molecular formula is C21H19NO5S2. The molecule has 0 radical (unpaired) electrons. The lowest BCUT2D eigenvalue weighted by Crippen LogP contribution is -2.13. The Balaban J connectivity index is 1.33. The number of nitrogens with two attached hydrogens (primary N) is 1. The first kappa shape index (κ1) is 19.6. The fourth-order valence-corrected chi connectivity index (χ4v) is 4.94. The number of rotatable bonds is 6. The summed E-state index contributed by atoms with van der Waals surface area (Å²) in [6, 6.07) is 15.9. The van der Waals surface area contributed by atoms with Crippen LogP contribution in [0.1, 0.15) is 20.8 Å². The van der Waals surface area contributed by atoms with E-state index in [1.807, 2.05) is 18.2 Å². The van der Waals surface area contributed by atoms with Gasteiger partial charge in [-0.05, 0) is 59.9 Å². The first-order valence-electron chi connectivity index (χ1n) is 9.05. The highest BCUT2D eigenvalue weighted by Gasteiger charge is 2.21. The Hall–Kier alpha value is -2.68. The molecule has 1 heterocycles. The van der Waals surface area contributed by atoms with Crippen LogP contribution in [0.4, 0.5) is 0 Å². The molecule has 1 aliphatic carbocycles. The Morgan fingerprint density at radius 1 is 1.00 bits per heavy atom. The van der Waals surface area contributed by atoms with Gasteiger partial charge in [0.1, 0.15) is 23.8 Å². The van der Waals surface area contributed by atoms with E-state index in [0.717, 1.165) is 17.7 Å². The zero-order valence-corrected chi connectivity index (χ0v) is 17.1. The van der Waals surface area contributed by atoms with E-state index >= 15 is 0 Å². The fourth-order valence-electron chi connectivity index (χ4n) is 3.26. The Labute approximate surface area is 172 Å². The SMILES string of the molecule is NS(=O)(=O)c1ccc(OCCOC(=O)c2cc3c(s2)-c2ccccc2CC3)cc1. The number of aryl methyl sites for hydroxylation is 2. The van der Waals surface area contributed by atoms with Crippen LogP contribution < -0.4 is 9.88 Å². The van der Waals surface area contributed by atoms with E-state index in [4.69, 9.17) is 14.6 Å². The zero-order valence-electron chi connectivity index (χ0n) is 15.5. The van der Waals surface area contributed by atoms with Crippen molar-refractivity contribution < 1.29 is 22.7 Å². The summed E-state index contributed by atoms with van der Waals surface area (Å²) in [5.41, 5.74) is 3.69. The van der Waals surface area contributed by atoms with Gasteiger partial charge in [0.25, 0.3) is 0 Å². The predicted octanol–water partition coefficient (Wildman–Crippen LogP) is 3.40. The average Bonchev–Trinajstić information content (AvgIpc) is 3.16. The van der Waals surface area contributed by atoms with Gasteiger partial charge >= 0.3 is 5.97 Å². The third-order valence-corrected chi connectivity index (χ3v) is 6.79. The summed E-state index contributed by atoms with van der Waals surface area (Å²) in [5, 5.41) is 5.05. The van der Waals surface area contributed by atoms with Crippen LogP contribution in [0, 0.1) is 0 Å². The van der Waals surface area contributed by atoms with Crippen molar-refractivity contribution in [3.05, 3.63) is 70.6 Å². The molecule has 0 saturated carbocycles. The molecule has 2 N–H and O–H groups in total. The summed E-state index contributed by atoms with van der Waals surface area (Å²) in [7, 11) is -3.73. The lowest BCUT2D eigenvalue weighted by Gasteiger charge is -2.15. The number of esters is 1. The van der Waals surface area contributed by atoms with Crippen LogP contribution in [0.2, 0.25) is 0 Å². The number of benzene rings is 2. The average molecular weight is 430 g/mol. The van der Waals surface area contributed by atoms with Crippen LogP contribution >= 0.6 is 11.3 Å². The Morgan fingerprint density at radius 3 is 2.48 bits per heavy atom. The van der Waals surface area contributed by atoms with Crippen molar-refractivity contribution in [3.8, 4) is 16.2 Å². The van der Waals surface area contributed by atoms with E-state index in [0.29, 0.717) is 10.6 Å². The lowest BCUT2D eigenvalue weighted by molar-refractivity contribution is 0.0456. The molecule has 8 heteroatoms. The van der Waals surface area contributed by atoms with Gasteiger partial charge in [-0.15, -0.1) is 11.3 Å². The lowest BCUT2D eigenvalue weighted by atomic mass is 9.91. The smallest absolute Gasteiger partial charge is 0.348 e. The molecule has 1 aromatic heterocycles. The largest absolute Gasteiger partial charge is 0.490 e. The summed E-state index contributed by atoms with van der Waals surface area (Å²) in [6.07, 6.45) is 1.90. The summed E-state index contributed by atoms with van der Waals surface area (Å²) in [4.78, 5) is 14.1. The maximum absolute atomic E-state index is 12.4. The van der Waals surface area contributed by atoms with Crippen LogP contribution in [0.5, 0.6) is 5.75 Å². The molecule has 0 aliphatic heterocycles. The quantitative estimate of drug-likeness (QED) is 0.479. The number of sulfonamides is 1. The third kappa shape index (κ3) is 4.34. The topological polar surface area (TPSA) is 95.7 Å². The summed E-state index contributed by atoms with van der Waals surface area (Å²) >= 11 is 1.46. The molecule has 0 amide bonds. The summed E-state index contributed by atoms with van der Waals surface area (Å²) in [5.74, 6) is 0.103. The molecule has 3 aromatic rings. The van der Waals surface area contributed by atoms with Gasteiger partial charge in [0, 0.05) is 4.88 Å². The molecule has 150 valence electrons. The molecule has 0 fully saturated rings. The van der Waals surface area contributed by atoms with E-state index < -0.39 is 10.0 Å². The first-order chi connectivity index (χ1) is 13.9. The zero-order chi connectivity index (χ0) is 20.4. The number of hydrogen-bond donors (Lipinski definition) is 1. The molecule has 0 atom stereocenters. The maximum atomic E-state index is 12.4. The number of primary sulfonamides is 1. The number of thiophene rings is 1. The van der Waals surface area contributed by atoms with E-state index in [9.17, 15) is 13.2 Å². The highest BCUT2D eigenvalue weighted by Crippen LogP contribution is 2.39. The van der Waals surface area contributed by atoms with Gasteiger partial charge in [-0.1, -0.05) is 24.3 Å². The van der Waals surface area contributed by atoms with Gasteiger partial charge in [0.2, 0.25) is 10.0 Å². The van der Waals surface area contributed by atoms with Crippen molar-refractivity contribution in [1.29, 1.82) is 0 Å². The van der Waals surface area contributed by atoms with Crippen molar-refractivity contribution in [3.63, 3.8) is 0 Å². The van der Waals surface area contributed by atoms with Gasteiger partial charge in [-0.2, -0.15) is 0 Å². The van der Waals surface area contributed by atoms with Gasteiger partial charge in [0.05, 0.1) is 4.90 Å². The summed E-state index contributed by atoms with van der Waals surface area (Å²) < 4.78 is 33.3. The van der Waals surface area contributed by atoms with Gasteiger partial charge in [-0.25, -0.2) is 18.4 Å². The minimum atomic E-state index is -3.73. The van der Waals surface area contributed by atoms with Crippen LogP contribution in [0.15, 0.2) is 59.5 Å². The summed E-state index contributed by atoms with van der Waals surface area (Å²) in [6.45, 7) is 0.253. The van der Waals surface area contributed by atoms with E-state index in [-0.39, 0.29) is 24.1 Å². The molecule has 2 aromatic carbocycles. The minimum absolute atomic E-state index is 0.0134. The second-order valence-electron chi connectivity index (χ2n) is 6.62. The maximum Gasteiger partial charge on any atom is 0.348 e. The van der Waals surface area contributed by atoms with Crippen LogP contribution in [-0.2, 0) is 27.6 Å². The second-order valence-corrected chi connectivity index (χ2v) is 9.24. The van der Waals surface area contributed by atoms with Crippen molar-refractivity contribution in [2.75, 3.05) is 13.2 Å². The van der Waals surface area contributed by atoms with Crippen LogP contribution in [0.3, 0.4) is 0 Å². The van der Waals surface area contributed by atoms with Crippen molar-refractivity contribution in [2.24, 2.45) is 5.14 Å². The molecule has 1 aliphatic rings. The molecule has 0 bridgehead atoms. The number of carbonyl (C=O) groups excluding carboxylic acids is 1. The predicted molar refractivity (Wildman–Crippen MR) is 111 cm³/mol. The van der Waals surface area contributed by atoms with E-state index in [1.165, 1.54) is 52.3 Å². The normalized spacial score (nSPS) is 12.7. The molecule has 0 spiro atoms. The highest BCUT2D eigenvalue weighted by atomic mass is 32.2. The van der Waals surface area contributed by atoms with E-state index in [1.54, 1.807) is 0 Å². The molecular weight excluding hydrogens is 410 g/mol. The molecule has 0 saturated heterocycles. The molecule has 0 unspecified atom stereocenters. The van der Waals surface area contributed by atoms with Crippen molar-refractivity contribution in [2.45, 2.75) is 17.7 Å². The van der Waals surface area contributed by atoms with Crippen molar-refractivity contribution >= 4 is 27.3 Å². The van der Waals surface area contributed by atoms with E-state index in [2.05, 4.69) is 12.1 Å². The molecule has 29 heavy (non-hydrogen) atoms. The van der Waals surface area contributed by atoms with Crippen molar-refractivity contribution in [1.82, 2.24) is 0 Å². The Bertz CT molecular complexity index is 1150. The Kier molecular flexibility index (Phi) is 5.40. The number of hydrogen-bond acceptors (Lipinski definition) is 6. The Morgan fingerprint density at radius 2 is 1.72 bits per heavy atom. The first-order valence-corrected chi connectivity index (χ1v) is 11.4. The van der Waals surface area contributed by atoms with Gasteiger partial charge < -0.3 is 9.47 Å². The van der Waals surface area contributed by atoms with Gasteiger partial charge in [-0.3, -0.25) is 0 Å². The molecule has 4 rings (SSSR count). The van der Waals surface area contributed by atoms with Crippen LogP contribution in [0.25, 0.3) is 10.4 Å². The standard InChI is InChI=1S/C21H19NO5S2/c22-29(24,25)17-9-7-16(8-10-17)26-11-12-27-21(23)19-13-15-6-5-14-3-1-2-4-18(14)20(15)28-19/h1-4,7-10,13H,5-6,11-12H2,(H2,22,24,25). The number of ether oxygens (including phenoxy) is 2. The number of fused-ring (bicyclic) bond motifs is 3. The second kappa shape index (κ2) is 7.98. The minimum Gasteiger partial charge on any atom is -0.490 e. The number of carbonyl (C=O) groups is 1. The highest BCUT2D eigenvalue weighted by molar-refractivity contribution is 7.89. The molecule has 6 nitrogen and oxygen atoms in total.